The number of methoxy groups -OCH3 is 3. The maximum atomic E-state index is 11.0. The number of rotatable bonds is 11. The number of unbranched alkanes of at least 4 members (excludes halogenated alkanes) is 4. The van der Waals surface area contributed by atoms with E-state index in [1.165, 1.54) is 26.4 Å². The first-order chi connectivity index (χ1) is 10.2. The third kappa shape index (κ3) is 7.25. The van der Waals surface area contributed by atoms with Gasteiger partial charge >= 0.3 is 5.97 Å². The highest BCUT2D eigenvalue weighted by Gasteiger charge is 2.31. The SMILES string of the molecule is COC(=O)CCCCCCCC1CCC(C(OC)OC)O1. The van der Waals surface area contributed by atoms with Gasteiger partial charge in [-0.15, -0.1) is 0 Å². The maximum Gasteiger partial charge on any atom is 0.305 e. The Balaban J connectivity index is 1.98. The van der Waals surface area contributed by atoms with Crippen molar-refractivity contribution in [1.29, 1.82) is 0 Å². The van der Waals surface area contributed by atoms with Gasteiger partial charge in [0.25, 0.3) is 0 Å². The van der Waals surface area contributed by atoms with Gasteiger partial charge in [-0.2, -0.15) is 0 Å². The smallest absolute Gasteiger partial charge is 0.305 e. The summed E-state index contributed by atoms with van der Waals surface area (Å²) in [7, 11) is 4.74. The Bertz CT molecular complexity index is 278. The summed E-state index contributed by atoms with van der Waals surface area (Å²) in [4.78, 5) is 11.0. The van der Waals surface area contributed by atoms with Crippen LogP contribution in [0.4, 0.5) is 0 Å². The normalized spacial score (nSPS) is 21.9. The van der Waals surface area contributed by atoms with E-state index in [-0.39, 0.29) is 18.4 Å². The van der Waals surface area contributed by atoms with E-state index in [4.69, 9.17) is 14.2 Å². The molecule has 0 aromatic carbocycles. The fraction of sp³-hybridized carbons (Fsp3) is 0.938. The molecule has 21 heavy (non-hydrogen) atoms. The number of hydrogen-bond acceptors (Lipinski definition) is 5. The molecule has 1 saturated heterocycles. The highest BCUT2D eigenvalue weighted by molar-refractivity contribution is 5.68. The van der Waals surface area contributed by atoms with Crippen LogP contribution < -0.4 is 0 Å². The second-order valence-electron chi connectivity index (χ2n) is 5.60. The Morgan fingerprint density at radius 1 is 1.05 bits per heavy atom. The summed E-state index contributed by atoms with van der Waals surface area (Å²) in [6, 6.07) is 0. The third-order valence-electron chi connectivity index (χ3n) is 4.04. The molecule has 0 aliphatic carbocycles. The van der Waals surface area contributed by atoms with Gasteiger partial charge in [0.2, 0.25) is 0 Å². The zero-order chi connectivity index (χ0) is 15.5. The van der Waals surface area contributed by atoms with E-state index >= 15 is 0 Å². The van der Waals surface area contributed by atoms with Crippen molar-refractivity contribution in [3.63, 3.8) is 0 Å². The molecule has 0 N–H and O–H groups in total. The Morgan fingerprint density at radius 2 is 1.71 bits per heavy atom. The molecular weight excluding hydrogens is 272 g/mol. The van der Waals surface area contributed by atoms with Gasteiger partial charge in [-0.05, 0) is 25.7 Å². The molecule has 5 heteroatoms. The summed E-state index contributed by atoms with van der Waals surface area (Å²) in [5, 5.41) is 0. The molecule has 1 rings (SSSR count). The van der Waals surface area contributed by atoms with Crippen molar-refractivity contribution in [3.8, 4) is 0 Å². The van der Waals surface area contributed by atoms with Crippen molar-refractivity contribution in [2.45, 2.75) is 76.3 Å². The molecule has 2 unspecified atom stereocenters. The lowest BCUT2D eigenvalue weighted by atomic mass is 10.1. The van der Waals surface area contributed by atoms with Gasteiger partial charge in [-0.25, -0.2) is 0 Å². The Hall–Kier alpha value is -0.650. The van der Waals surface area contributed by atoms with Gasteiger partial charge in [0.1, 0.15) is 6.10 Å². The minimum atomic E-state index is -0.242. The first-order valence-electron chi connectivity index (χ1n) is 7.99. The highest BCUT2D eigenvalue weighted by Crippen LogP contribution is 2.27. The lowest BCUT2D eigenvalue weighted by Crippen LogP contribution is -2.30. The van der Waals surface area contributed by atoms with Gasteiger partial charge in [0, 0.05) is 20.6 Å². The van der Waals surface area contributed by atoms with Crippen LogP contribution in [0.2, 0.25) is 0 Å². The largest absolute Gasteiger partial charge is 0.469 e. The van der Waals surface area contributed by atoms with Gasteiger partial charge in [0.15, 0.2) is 6.29 Å². The Morgan fingerprint density at radius 3 is 2.38 bits per heavy atom. The van der Waals surface area contributed by atoms with E-state index in [1.54, 1.807) is 14.2 Å². The summed E-state index contributed by atoms with van der Waals surface area (Å²) < 4.78 is 21.1. The Kier molecular flexibility index (Phi) is 9.63. The molecule has 0 aromatic rings. The maximum absolute atomic E-state index is 11.0. The Labute approximate surface area is 128 Å². The lowest BCUT2D eigenvalue weighted by Gasteiger charge is -2.21. The summed E-state index contributed by atoms with van der Waals surface area (Å²) in [6.07, 6.45) is 9.50. The second kappa shape index (κ2) is 11.0. The summed E-state index contributed by atoms with van der Waals surface area (Å²) in [6.45, 7) is 0. The van der Waals surface area contributed by atoms with Crippen molar-refractivity contribution in [2.75, 3.05) is 21.3 Å². The summed E-state index contributed by atoms with van der Waals surface area (Å²) >= 11 is 0. The fourth-order valence-corrected chi connectivity index (χ4v) is 2.82. The molecule has 2 atom stereocenters. The zero-order valence-corrected chi connectivity index (χ0v) is 13.6. The predicted molar refractivity (Wildman–Crippen MR) is 80.0 cm³/mol. The first-order valence-corrected chi connectivity index (χ1v) is 7.99. The van der Waals surface area contributed by atoms with E-state index < -0.39 is 0 Å². The van der Waals surface area contributed by atoms with Crippen LogP contribution in [-0.2, 0) is 23.7 Å². The van der Waals surface area contributed by atoms with E-state index in [2.05, 4.69) is 4.74 Å². The van der Waals surface area contributed by atoms with Crippen LogP contribution in [0, 0.1) is 0 Å². The van der Waals surface area contributed by atoms with E-state index in [0.717, 1.165) is 32.1 Å². The van der Waals surface area contributed by atoms with Crippen molar-refractivity contribution in [1.82, 2.24) is 0 Å². The molecule has 1 aliphatic rings. The molecule has 1 fully saturated rings. The van der Waals surface area contributed by atoms with E-state index in [1.807, 2.05) is 0 Å². The van der Waals surface area contributed by atoms with Gasteiger partial charge < -0.3 is 18.9 Å². The molecule has 0 amide bonds. The molecule has 0 spiro atoms. The average Bonchev–Trinajstić information content (AvgIpc) is 2.96. The monoisotopic (exact) mass is 302 g/mol. The van der Waals surface area contributed by atoms with Crippen LogP contribution in [0.3, 0.4) is 0 Å². The van der Waals surface area contributed by atoms with Gasteiger partial charge in [0.05, 0.1) is 13.2 Å². The molecule has 1 heterocycles. The first kappa shape index (κ1) is 18.4. The standard InChI is InChI=1S/C16H30O5/c1-18-15(17)10-8-6-4-5-7-9-13-11-12-14(21-13)16(19-2)20-3/h13-14,16H,4-12H2,1-3H3. The molecule has 0 bridgehead atoms. The molecule has 5 nitrogen and oxygen atoms in total. The van der Waals surface area contributed by atoms with Crippen LogP contribution in [0.25, 0.3) is 0 Å². The number of carbonyl (C=O) groups is 1. The molecule has 0 saturated carbocycles. The van der Waals surface area contributed by atoms with Crippen molar-refractivity contribution >= 4 is 5.97 Å². The highest BCUT2D eigenvalue weighted by atomic mass is 16.7. The fourth-order valence-electron chi connectivity index (χ4n) is 2.82. The van der Waals surface area contributed by atoms with Gasteiger partial charge in [-0.1, -0.05) is 25.7 Å². The summed E-state index contributed by atoms with van der Waals surface area (Å²) in [5.41, 5.74) is 0. The molecule has 1 aliphatic heterocycles. The number of esters is 1. The van der Waals surface area contributed by atoms with Crippen molar-refractivity contribution < 1.29 is 23.7 Å². The number of hydrogen-bond donors (Lipinski definition) is 0. The average molecular weight is 302 g/mol. The zero-order valence-electron chi connectivity index (χ0n) is 13.6. The quantitative estimate of drug-likeness (QED) is 0.333. The van der Waals surface area contributed by atoms with Crippen LogP contribution in [0.5, 0.6) is 0 Å². The summed E-state index contributed by atoms with van der Waals surface area (Å²) in [5.74, 6) is -0.105. The minimum absolute atomic E-state index is 0.0741. The lowest BCUT2D eigenvalue weighted by molar-refractivity contribution is -0.176. The predicted octanol–water partition coefficient (Wildman–Crippen LogP) is 3.06. The third-order valence-corrected chi connectivity index (χ3v) is 4.04. The molecule has 0 radical (unpaired) electrons. The van der Waals surface area contributed by atoms with Crippen LogP contribution in [0.15, 0.2) is 0 Å². The van der Waals surface area contributed by atoms with Crippen LogP contribution in [0.1, 0.15) is 57.8 Å². The second-order valence-corrected chi connectivity index (χ2v) is 5.60. The van der Waals surface area contributed by atoms with E-state index in [9.17, 15) is 4.79 Å². The van der Waals surface area contributed by atoms with Crippen LogP contribution in [-0.4, -0.2) is 45.8 Å². The van der Waals surface area contributed by atoms with Crippen LogP contribution >= 0.6 is 0 Å². The van der Waals surface area contributed by atoms with Crippen molar-refractivity contribution in [3.05, 3.63) is 0 Å². The van der Waals surface area contributed by atoms with E-state index in [0.29, 0.717) is 12.5 Å². The number of carbonyl (C=O) groups excluding carboxylic acids is 1. The number of ether oxygens (including phenoxy) is 4. The van der Waals surface area contributed by atoms with Crippen molar-refractivity contribution in [2.24, 2.45) is 0 Å². The minimum Gasteiger partial charge on any atom is -0.469 e. The molecular formula is C16H30O5. The van der Waals surface area contributed by atoms with Gasteiger partial charge in [-0.3, -0.25) is 4.79 Å². The topological polar surface area (TPSA) is 54.0 Å². The molecule has 124 valence electrons. The molecule has 0 aromatic heterocycles.